The second-order valence-corrected chi connectivity index (χ2v) is 9.92. The molecule has 0 aromatic rings. The highest BCUT2D eigenvalue weighted by atomic mass is 32.2. The molecule has 0 aromatic heterocycles. The number of hydrogen-bond acceptors (Lipinski definition) is 7. The van der Waals surface area contributed by atoms with Gasteiger partial charge in [-0.15, -0.1) is 0 Å². The molecule has 34 heavy (non-hydrogen) atoms. The second-order valence-electron chi connectivity index (χ2n) is 8.65. The van der Waals surface area contributed by atoms with Gasteiger partial charge in [0.2, 0.25) is 11.8 Å². The van der Waals surface area contributed by atoms with Crippen LogP contribution in [0.3, 0.4) is 0 Å². The normalized spacial score (nSPS) is 20.7. The van der Waals surface area contributed by atoms with Crippen LogP contribution in [-0.4, -0.2) is 72.4 Å². The van der Waals surface area contributed by atoms with E-state index in [1.165, 1.54) is 0 Å². The van der Waals surface area contributed by atoms with Gasteiger partial charge >= 0.3 is 12.0 Å². The minimum atomic E-state index is -0.409. The molecule has 11 heteroatoms. The molecule has 4 N–H and O–H groups in total. The predicted octanol–water partition coefficient (Wildman–Crippen LogP) is 1.42. The van der Waals surface area contributed by atoms with Gasteiger partial charge in [-0.3, -0.25) is 19.2 Å². The summed E-state index contributed by atoms with van der Waals surface area (Å²) in [6.45, 7) is 2.51. The molecule has 2 fully saturated rings. The SMILES string of the molecule is CCOC(=O)CCC(=O)CNC(=O)CCCCCNC(=O)CCCC[C@@H]1SC[C@@H]2NC(=O)N[C@@H]21. The van der Waals surface area contributed by atoms with Crippen LogP contribution < -0.4 is 21.3 Å². The molecular weight excluding hydrogens is 460 g/mol. The molecule has 0 aliphatic carbocycles. The molecule has 2 aliphatic rings. The minimum absolute atomic E-state index is 0.0338. The lowest BCUT2D eigenvalue weighted by Crippen LogP contribution is -2.36. The zero-order chi connectivity index (χ0) is 24.8. The number of urea groups is 1. The van der Waals surface area contributed by atoms with Crippen molar-refractivity contribution in [3.63, 3.8) is 0 Å². The van der Waals surface area contributed by atoms with Crippen molar-refractivity contribution in [3.05, 3.63) is 0 Å². The van der Waals surface area contributed by atoms with Crippen molar-refractivity contribution in [2.45, 2.75) is 88.5 Å². The summed E-state index contributed by atoms with van der Waals surface area (Å²) >= 11 is 1.89. The van der Waals surface area contributed by atoms with Crippen molar-refractivity contribution in [2.24, 2.45) is 0 Å². The van der Waals surface area contributed by atoms with Crippen LogP contribution in [0.5, 0.6) is 0 Å². The zero-order valence-electron chi connectivity index (χ0n) is 20.0. The number of fused-ring (bicyclic) bond motifs is 1. The number of ether oxygens (including phenoxy) is 1. The standard InChI is InChI=1S/C23H38N4O6S/c1-2-33-21(31)12-11-16(28)14-25-20(30)9-4-3-7-13-24-19(29)10-6-5-8-18-22-17(15-34-18)26-23(32)27-22/h17-18,22H,2-15H2,1H3,(H,24,29)(H,25,30)(H2,26,27,32)/t17-,18-,22-/m0/s1. The van der Waals surface area contributed by atoms with Gasteiger partial charge in [0, 0.05) is 36.8 Å². The Morgan fingerprint density at radius 3 is 2.44 bits per heavy atom. The molecule has 0 aromatic carbocycles. The van der Waals surface area contributed by atoms with Crippen molar-refractivity contribution < 1.29 is 28.7 Å². The Bertz CT molecular complexity index is 720. The first-order valence-electron chi connectivity index (χ1n) is 12.3. The van der Waals surface area contributed by atoms with E-state index in [0.29, 0.717) is 31.1 Å². The largest absolute Gasteiger partial charge is 0.466 e. The van der Waals surface area contributed by atoms with Crippen LogP contribution in [-0.2, 0) is 23.9 Å². The Kier molecular flexibility index (Phi) is 12.8. The van der Waals surface area contributed by atoms with E-state index >= 15 is 0 Å². The molecule has 2 saturated heterocycles. The van der Waals surface area contributed by atoms with Gasteiger partial charge in [0.05, 0.1) is 31.7 Å². The van der Waals surface area contributed by atoms with E-state index in [9.17, 15) is 24.0 Å². The fourth-order valence-corrected chi connectivity index (χ4v) is 5.57. The molecule has 4 amide bonds. The summed E-state index contributed by atoms with van der Waals surface area (Å²) in [7, 11) is 0. The average molecular weight is 499 g/mol. The predicted molar refractivity (Wildman–Crippen MR) is 129 cm³/mol. The van der Waals surface area contributed by atoms with Crippen LogP contribution in [0.2, 0.25) is 0 Å². The summed E-state index contributed by atoms with van der Waals surface area (Å²) in [6, 6.07) is 0.380. The molecule has 0 bridgehead atoms. The molecule has 192 valence electrons. The van der Waals surface area contributed by atoms with Crippen LogP contribution in [0, 0.1) is 0 Å². The van der Waals surface area contributed by atoms with Crippen LogP contribution >= 0.6 is 11.8 Å². The van der Waals surface area contributed by atoms with E-state index in [0.717, 1.165) is 37.9 Å². The third-order valence-corrected chi connectivity index (χ3v) is 7.39. The number of carbonyl (C=O) groups excluding carboxylic acids is 5. The molecule has 2 aliphatic heterocycles. The van der Waals surface area contributed by atoms with Gasteiger partial charge in [-0.25, -0.2) is 4.79 Å². The van der Waals surface area contributed by atoms with E-state index in [-0.39, 0.29) is 61.7 Å². The number of rotatable bonds is 17. The smallest absolute Gasteiger partial charge is 0.315 e. The van der Waals surface area contributed by atoms with Gasteiger partial charge in [0.1, 0.15) is 0 Å². The lowest BCUT2D eigenvalue weighted by molar-refractivity contribution is -0.144. The number of nitrogens with one attached hydrogen (secondary N) is 4. The molecule has 0 saturated carbocycles. The van der Waals surface area contributed by atoms with E-state index in [1.807, 2.05) is 11.8 Å². The zero-order valence-corrected chi connectivity index (χ0v) is 20.8. The molecule has 3 atom stereocenters. The first-order valence-corrected chi connectivity index (χ1v) is 13.3. The van der Waals surface area contributed by atoms with Gasteiger partial charge in [0.25, 0.3) is 0 Å². The van der Waals surface area contributed by atoms with E-state index in [1.54, 1.807) is 6.92 Å². The highest BCUT2D eigenvalue weighted by Crippen LogP contribution is 2.33. The molecule has 0 unspecified atom stereocenters. The Morgan fingerprint density at radius 2 is 1.68 bits per heavy atom. The Hall–Kier alpha value is -2.30. The molecular formula is C23H38N4O6S. The van der Waals surface area contributed by atoms with E-state index < -0.39 is 5.97 Å². The van der Waals surface area contributed by atoms with Crippen molar-refractivity contribution in [2.75, 3.05) is 25.4 Å². The molecule has 2 rings (SSSR count). The van der Waals surface area contributed by atoms with E-state index in [2.05, 4.69) is 21.3 Å². The topological polar surface area (TPSA) is 143 Å². The third kappa shape index (κ3) is 10.8. The maximum Gasteiger partial charge on any atom is 0.315 e. The number of ketones is 1. The number of thioether (sulfide) groups is 1. The number of hydrogen-bond donors (Lipinski definition) is 4. The van der Waals surface area contributed by atoms with Crippen LogP contribution in [0.1, 0.15) is 71.1 Å². The first-order chi connectivity index (χ1) is 16.4. The van der Waals surface area contributed by atoms with Gasteiger partial charge in [-0.2, -0.15) is 11.8 Å². The van der Waals surface area contributed by atoms with Crippen molar-refractivity contribution in [3.8, 4) is 0 Å². The average Bonchev–Trinajstić information content (AvgIpc) is 3.35. The van der Waals surface area contributed by atoms with Crippen LogP contribution in [0.25, 0.3) is 0 Å². The maximum atomic E-state index is 12.0. The molecule has 2 heterocycles. The Balaban J connectivity index is 1.38. The fraction of sp³-hybridized carbons (Fsp3) is 0.783. The number of amides is 4. The van der Waals surface area contributed by atoms with Crippen molar-refractivity contribution in [1.29, 1.82) is 0 Å². The first kappa shape index (κ1) is 27.9. The summed E-state index contributed by atoms with van der Waals surface area (Å²) in [4.78, 5) is 58.1. The molecule has 10 nitrogen and oxygen atoms in total. The van der Waals surface area contributed by atoms with Crippen molar-refractivity contribution >= 4 is 41.4 Å². The third-order valence-electron chi connectivity index (χ3n) is 5.88. The van der Waals surface area contributed by atoms with E-state index in [4.69, 9.17) is 4.74 Å². The number of esters is 1. The number of Topliss-reactive ketones (excluding diaryl/α,β-unsaturated/α-hetero) is 1. The summed E-state index contributed by atoms with van der Waals surface area (Å²) < 4.78 is 4.76. The van der Waals surface area contributed by atoms with Crippen LogP contribution in [0.4, 0.5) is 4.79 Å². The van der Waals surface area contributed by atoms with Gasteiger partial charge in [-0.1, -0.05) is 12.8 Å². The quantitative estimate of drug-likeness (QED) is 0.135. The number of carbonyl (C=O) groups is 5. The maximum absolute atomic E-state index is 12.0. The highest BCUT2D eigenvalue weighted by Gasteiger charge is 2.42. The Labute approximate surface area is 205 Å². The lowest BCUT2D eigenvalue weighted by Gasteiger charge is -2.16. The van der Waals surface area contributed by atoms with Crippen LogP contribution in [0.15, 0.2) is 0 Å². The summed E-state index contributed by atoms with van der Waals surface area (Å²) in [6.07, 6.45) is 6.02. The van der Waals surface area contributed by atoms with Gasteiger partial charge in [0.15, 0.2) is 5.78 Å². The van der Waals surface area contributed by atoms with Gasteiger partial charge in [-0.05, 0) is 32.6 Å². The molecule has 0 radical (unpaired) electrons. The summed E-state index contributed by atoms with van der Waals surface area (Å²) in [5.41, 5.74) is 0. The fourth-order valence-electron chi connectivity index (χ4n) is 4.03. The summed E-state index contributed by atoms with van der Waals surface area (Å²) in [5.74, 6) is 0.206. The van der Waals surface area contributed by atoms with Crippen molar-refractivity contribution in [1.82, 2.24) is 21.3 Å². The molecule has 0 spiro atoms. The summed E-state index contributed by atoms with van der Waals surface area (Å²) in [5, 5.41) is 11.8. The monoisotopic (exact) mass is 498 g/mol. The second kappa shape index (κ2) is 15.6. The minimum Gasteiger partial charge on any atom is -0.466 e. The lowest BCUT2D eigenvalue weighted by atomic mass is 10.0. The highest BCUT2D eigenvalue weighted by molar-refractivity contribution is 8.00. The number of unbranched alkanes of at least 4 members (excludes halogenated alkanes) is 3. The van der Waals surface area contributed by atoms with Gasteiger partial charge < -0.3 is 26.0 Å². The Morgan fingerprint density at radius 1 is 0.941 bits per heavy atom.